The summed E-state index contributed by atoms with van der Waals surface area (Å²) in [5, 5.41) is 0. The number of urea groups is 1. The van der Waals surface area contributed by atoms with Gasteiger partial charge in [-0.2, -0.15) is 0 Å². The minimum Gasteiger partial charge on any atom is -0.379 e. The van der Waals surface area contributed by atoms with Crippen LogP contribution in [0.15, 0.2) is 0 Å². The Morgan fingerprint density at radius 3 is 2.37 bits per heavy atom. The highest BCUT2D eigenvalue weighted by Gasteiger charge is 2.25. The normalized spacial score (nSPS) is 22.1. The average molecular weight is 270 g/mol. The van der Waals surface area contributed by atoms with Gasteiger partial charge in [0.05, 0.1) is 13.2 Å². The molecule has 0 radical (unpaired) electrons. The summed E-state index contributed by atoms with van der Waals surface area (Å²) < 4.78 is 5.33. The summed E-state index contributed by atoms with van der Waals surface area (Å²) >= 11 is 0. The van der Waals surface area contributed by atoms with Crippen molar-refractivity contribution in [2.24, 2.45) is 5.73 Å². The topological polar surface area (TPSA) is 62.0 Å². The van der Waals surface area contributed by atoms with Crippen molar-refractivity contribution in [1.82, 2.24) is 14.7 Å². The molecular formula is C13H26N4O2. The molecule has 6 heteroatoms. The molecule has 0 aliphatic carbocycles. The lowest BCUT2D eigenvalue weighted by molar-refractivity contribution is 0.0328. The van der Waals surface area contributed by atoms with Gasteiger partial charge in [0.25, 0.3) is 0 Å². The van der Waals surface area contributed by atoms with Gasteiger partial charge in [0.1, 0.15) is 0 Å². The summed E-state index contributed by atoms with van der Waals surface area (Å²) in [6.45, 7) is 8.61. The number of ether oxygens (including phenoxy) is 1. The van der Waals surface area contributed by atoms with Gasteiger partial charge in [-0.15, -0.1) is 0 Å². The molecule has 2 aliphatic rings. The summed E-state index contributed by atoms with van der Waals surface area (Å²) in [4.78, 5) is 18.6. The molecule has 0 aromatic heterocycles. The van der Waals surface area contributed by atoms with Crippen LogP contribution in [0.3, 0.4) is 0 Å². The number of hydrogen-bond donors (Lipinski definition) is 1. The Hall–Kier alpha value is -0.850. The predicted octanol–water partition coefficient (Wildman–Crippen LogP) is -0.205. The maximum absolute atomic E-state index is 12.3. The van der Waals surface area contributed by atoms with Crippen LogP contribution in [-0.4, -0.2) is 86.3 Å². The van der Waals surface area contributed by atoms with Crippen LogP contribution in [0.25, 0.3) is 0 Å². The van der Waals surface area contributed by atoms with E-state index in [-0.39, 0.29) is 6.03 Å². The van der Waals surface area contributed by atoms with Crippen molar-refractivity contribution in [2.45, 2.75) is 12.8 Å². The molecule has 0 saturated carbocycles. The smallest absolute Gasteiger partial charge is 0.320 e. The summed E-state index contributed by atoms with van der Waals surface area (Å²) in [5.74, 6) is 0. The van der Waals surface area contributed by atoms with E-state index in [9.17, 15) is 4.79 Å². The summed E-state index contributed by atoms with van der Waals surface area (Å²) in [5.41, 5.74) is 5.51. The number of rotatable bonds is 6. The van der Waals surface area contributed by atoms with E-state index in [2.05, 4.69) is 4.90 Å². The van der Waals surface area contributed by atoms with Gasteiger partial charge in [-0.3, -0.25) is 4.90 Å². The fourth-order valence-corrected chi connectivity index (χ4v) is 2.63. The van der Waals surface area contributed by atoms with E-state index in [0.29, 0.717) is 6.54 Å². The second-order valence-electron chi connectivity index (χ2n) is 5.21. The maximum atomic E-state index is 12.3. The standard InChI is InChI=1S/C13H26N4O2/c14-3-1-4-16-5-2-6-17(13(16)18)8-7-15-9-11-19-12-10-15/h1-12,14H2. The Morgan fingerprint density at radius 1 is 1.00 bits per heavy atom. The molecule has 6 nitrogen and oxygen atoms in total. The number of hydrogen-bond acceptors (Lipinski definition) is 4. The van der Waals surface area contributed by atoms with Crippen LogP contribution >= 0.6 is 0 Å². The molecule has 2 N–H and O–H groups in total. The van der Waals surface area contributed by atoms with E-state index in [1.165, 1.54) is 0 Å². The zero-order valence-electron chi connectivity index (χ0n) is 11.7. The van der Waals surface area contributed by atoms with Gasteiger partial charge in [0.15, 0.2) is 0 Å². The van der Waals surface area contributed by atoms with E-state index in [4.69, 9.17) is 10.5 Å². The molecule has 0 aromatic rings. The van der Waals surface area contributed by atoms with Gasteiger partial charge in [0.2, 0.25) is 0 Å². The minimum atomic E-state index is 0.188. The Bertz CT molecular complexity index is 282. The molecule has 0 bridgehead atoms. The summed E-state index contributed by atoms with van der Waals surface area (Å²) in [6.07, 6.45) is 1.96. The molecule has 2 heterocycles. The van der Waals surface area contributed by atoms with E-state index >= 15 is 0 Å². The van der Waals surface area contributed by atoms with Gasteiger partial charge in [-0.1, -0.05) is 0 Å². The Balaban J connectivity index is 1.73. The molecule has 19 heavy (non-hydrogen) atoms. The van der Waals surface area contributed by atoms with Crippen molar-refractivity contribution in [1.29, 1.82) is 0 Å². The minimum absolute atomic E-state index is 0.188. The van der Waals surface area contributed by atoms with Gasteiger partial charge < -0.3 is 20.3 Å². The van der Waals surface area contributed by atoms with Crippen LogP contribution in [0, 0.1) is 0 Å². The maximum Gasteiger partial charge on any atom is 0.320 e. The number of carbonyl (C=O) groups excluding carboxylic acids is 1. The van der Waals surface area contributed by atoms with Gasteiger partial charge in [-0.25, -0.2) is 4.79 Å². The predicted molar refractivity (Wildman–Crippen MR) is 74.1 cm³/mol. The van der Waals surface area contributed by atoms with Crippen LogP contribution in [0.4, 0.5) is 4.79 Å². The largest absolute Gasteiger partial charge is 0.379 e. The molecule has 2 fully saturated rings. The van der Waals surface area contributed by atoms with E-state index in [1.54, 1.807) is 0 Å². The zero-order chi connectivity index (χ0) is 13.5. The average Bonchev–Trinajstić information content (AvgIpc) is 2.46. The first-order valence-electron chi connectivity index (χ1n) is 7.35. The molecule has 0 spiro atoms. The third kappa shape index (κ3) is 4.33. The molecule has 2 amide bonds. The first-order chi connectivity index (χ1) is 9.31. The number of carbonyl (C=O) groups is 1. The van der Waals surface area contributed by atoms with Crippen LogP contribution in [0.2, 0.25) is 0 Å². The van der Waals surface area contributed by atoms with E-state index in [0.717, 1.165) is 71.9 Å². The van der Waals surface area contributed by atoms with Gasteiger partial charge >= 0.3 is 6.03 Å². The van der Waals surface area contributed by atoms with E-state index < -0.39 is 0 Å². The summed E-state index contributed by atoms with van der Waals surface area (Å²) in [6, 6.07) is 0.188. The highest BCUT2D eigenvalue weighted by Crippen LogP contribution is 2.10. The fraction of sp³-hybridized carbons (Fsp3) is 0.923. The fourth-order valence-electron chi connectivity index (χ4n) is 2.63. The lowest BCUT2D eigenvalue weighted by Gasteiger charge is -2.37. The van der Waals surface area contributed by atoms with Crippen LogP contribution in [0.1, 0.15) is 12.8 Å². The van der Waals surface area contributed by atoms with Crippen molar-refractivity contribution < 1.29 is 9.53 Å². The zero-order valence-corrected chi connectivity index (χ0v) is 11.7. The Labute approximate surface area is 115 Å². The SMILES string of the molecule is NCCCN1CCCN(CCN2CCOCC2)C1=O. The Kier molecular flexibility index (Phi) is 5.88. The van der Waals surface area contributed by atoms with Crippen molar-refractivity contribution in [3.8, 4) is 0 Å². The van der Waals surface area contributed by atoms with Crippen molar-refractivity contribution >= 4 is 6.03 Å². The highest BCUT2D eigenvalue weighted by atomic mass is 16.5. The lowest BCUT2D eigenvalue weighted by Crippen LogP contribution is -2.52. The highest BCUT2D eigenvalue weighted by molar-refractivity contribution is 5.75. The molecule has 2 saturated heterocycles. The lowest BCUT2D eigenvalue weighted by atomic mass is 10.2. The molecule has 110 valence electrons. The number of nitrogens with two attached hydrogens (primary N) is 1. The summed E-state index contributed by atoms with van der Waals surface area (Å²) in [7, 11) is 0. The van der Waals surface area contributed by atoms with Crippen LogP contribution in [0.5, 0.6) is 0 Å². The molecular weight excluding hydrogens is 244 g/mol. The van der Waals surface area contributed by atoms with Crippen molar-refractivity contribution in [3.05, 3.63) is 0 Å². The third-order valence-electron chi connectivity index (χ3n) is 3.82. The van der Waals surface area contributed by atoms with Crippen LogP contribution in [-0.2, 0) is 4.74 Å². The molecule has 2 aliphatic heterocycles. The number of amides is 2. The monoisotopic (exact) mass is 270 g/mol. The number of nitrogens with zero attached hydrogens (tertiary/aromatic N) is 3. The Morgan fingerprint density at radius 2 is 1.68 bits per heavy atom. The van der Waals surface area contributed by atoms with Crippen molar-refractivity contribution in [3.63, 3.8) is 0 Å². The van der Waals surface area contributed by atoms with Crippen molar-refractivity contribution in [2.75, 3.05) is 65.6 Å². The molecule has 0 unspecified atom stereocenters. The van der Waals surface area contributed by atoms with E-state index in [1.807, 2.05) is 9.80 Å². The second kappa shape index (κ2) is 7.67. The van der Waals surface area contributed by atoms with Crippen LogP contribution < -0.4 is 5.73 Å². The van der Waals surface area contributed by atoms with Gasteiger partial charge in [-0.05, 0) is 19.4 Å². The molecule has 2 rings (SSSR count). The quantitative estimate of drug-likeness (QED) is 0.726. The third-order valence-corrected chi connectivity index (χ3v) is 3.82. The molecule has 0 atom stereocenters. The first kappa shape index (κ1) is 14.6. The number of morpholine rings is 1. The van der Waals surface area contributed by atoms with Gasteiger partial charge in [0, 0.05) is 45.8 Å². The second-order valence-corrected chi connectivity index (χ2v) is 5.21. The first-order valence-corrected chi connectivity index (χ1v) is 7.35. The molecule has 0 aromatic carbocycles.